The second kappa shape index (κ2) is 22.0. The van der Waals surface area contributed by atoms with Crippen LogP contribution in [0, 0.1) is 0 Å². The van der Waals surface area contributed by atoms with E-state index in [0.29, 0.717) is 12.8 Å². The molecule has 0 aliphatic rings. The number of unbranched alkanes of at least 4 members (excludes halogenated alkanes) is 18. The van der Waals surface area contributed by atoms with Gasteiger partial charge in [-0.2, -0.15) is 0 Å². The van der Waals surface area contributed by atoms with Crippen LogP contribution >= 0.6 is 14.9 Å². The minimum atomic E-state index is -4.99. The first-order valence-electron chi connectivity index (χ1n) is 13.4. The summed E-state index contributed by atoms with van der Waals surface area (Å²) >= 11 is 0. The summed E-state index contributed by atoms with van der Waals surface area (Å²) in [4.78, 5) is 28.8. The fraction of sp³-hybridized carbons (Fsp3) is 1.00. The first-order chi connectivity index (χ1) is 15.4. The Morgan fingerprint density at radius 3 is 1.00 bits per heavy atom. The third-order valence-electron chi connectivity index (χ3n) is 5.89. The van der Waals surface area contributed by atoms with Gasteiger partial charge in [-0.25, -0.2) is 0 Å². The van der Waals surface area contributed by atoms with Crippen LogP contribution < -0.4 is 0 Å². The summed E-state index contributed by atoms with van der Waals surface area (Å²) in [5.74, 6) is 0. The molecule has 32 heavy (non-hydrogen) atoms. The molecular weight excluding hydrogens is 446 g/mol. The van der Waals surface area contributed by atoms with Gasteiger partial charge in [0.15, 0.2) is 0 Å². The summed E-state index contributed by atoms with van der Waals surface area (Å²) < 4.78 is 23.0. The maximum atomic E-state index is 12.6. The maximum absolute atomic E-state index is 12.6. The molecule has 0 heterocycles. The molecule has 6 nitrogen and oxygen atoms in total. The predicted molar refractivity (Wildman–Crippen MR) is 138 cm³/mol. The van der Waals surface area contributed by atoms with Gasteiger partial charge in [-0.1, -0.05) is 26.7 Å². The zero-order valence-corrected chi connectivity index (χ0v) is 23.0. The molecule has 8 heteroatoms. The first-order valence-corrected chi connectivity index (χ1v) is 17.7. The van der Waals surface area contributed by atoms with Crippen molar-refractivity contribution < 1.29 is 28.3 Å². The first kappa shape index (κ1) is 32.5. The molecule has 0 saturated carbocycles. The summed E-state index contributed by atoms with van der Waals surface area (Å²) in [6, 6.07) is 0. The fourth-order valence-corrected chi connectivity index (χ4v) is 6.51. The Hall–Kier alpha value is 0.460. The quantitative estimate of drug-likeness (QED) is 0.0859. The van der Waals surface area contributed by atoms with Gasteiger partial charge in [-0.3, -0.25) is 0 Å². The van der Waals surface area contributed by atoms with Crippen LogP contribution in [0.15, 0.2) is 0 Å². The van der Waals surface area contributed by atoms with Gasteiger partial charge in [-0.05, 0) is 0 Å². The zero-order valence-electron chi connectivity index (χ0n) is 21.1. The van der Waals surface area contributed by atoms with Crippen LogP contribution in [0.3, 0.4) is 0 Å². The van der Waals surface area contributed by atoms with Crippen molar-refractivity contribution in [3.05, 3.63) is 0 Å². The van der Waals surface area contributed by atoms with Gasteiger partial charge in [-0.15, -0.1) is 0 Å². The van der Waals surface area contributed by atoms with Crippen LogP contribution in [-0.4, -0.2) is 27.9 Å². The molecule has 0 fully saturated rings. The molecule has 0 aliphatic heterocycles. The molecule has 0 spiro atoms. The van der Waals surface area contributed by atoms with Crippen molar-refractivity contribution in [3.8, 4) is 0 Å². The summed E-state index contributed by atoms with van der Waals surface area (Å²) in [6.45, 7) is 4.67. The van der Waals surface area contributed by atoms with Crippen molar-refractivity contribution >= 4 is 14.9 Å². The summed E-state index contributed by atoms with van der Waals surface area (Å²) in [7, 11) is -9.25. The van der Waals surface area contributed by atoms with Crippen molar-refractivity contribution in [3.63, 3.8) is 0 Å². The van der Waals surface area contributed by atoms with Crippen LogP contribution in [-0.2, 0) is 13.6 Å². The van der Waals surface area contributed by atoms with Gasteiger partial charge in [0.1, 0.15) is 0 Å². The Bertz CT molecular complexity index is 413. The Balaban J connectivity index is 3.79. The topological polar surface area (TPSA) is 96.2 Å². The average molecular weight is 501 g/mol. The van der Waals surface area contributed by atoms with Gasteiger partial charge in [0, 0.05) is 0 Å². The van der Waals surface area contributed by atoms with Crippen LogP contribution in [0.2, 0.25) is 0 Å². The Labute approximate surface area is 198 Å². The van der Waals surface area contributed by atoms with Crippen molar-refractivity contribution in [2.45, 2.75) is 142 Å². The second-order valence-corrected chi connectivity index (χ2v) is 15.3. The fourth-order valence-electron chi connectivity index (χ4n) is 3.76. The van der Waals surface area contributed by atoms with E-state index in [1.807, 2.05) is 0 Å². The predicted octanol–water partition coefficient (Wildman–Crippen LogP) is 8.44. The molecule has 0 amide bonds. The van der Waals surface area contributed by atoms with E-state index in [-0.39, 0.29) is 13.2 Å². The van der Waals surface area contributed by atoms with E-state index in [0.717, 1.165) is 25.7 Å². The third-order valence-corrected chi connectivity index (χ3v) is 10.6. The molecule has 0 bridgehead atoms. The molecule has 0 rings (SSSR count). The zero-order chi connectivity index (χ0) is 24.0. The van der Waals surface area contributed by atoms with E-state index in [9.17, 15) is 19.2 Å². The van der Waals surface area contributed by atoms with Crippen molar-refractivity contribution in [1.29, 1.82) is 0 Å². The summed E-state index contributed by atoms with van der Waals surface area (Å²) in [5.41, 5.74) is 0. The Morgan fingerprint density at radius 1 is 0.500 bits per heavy atom. The van der Waals surface area contributed by atoms with Crippen molar-refractivity contribution in [2.75, 3.05) is 13.2 Å². The third kappa shape index (κ3) is 18.8. The standard InChI is InChI=1S/C24H54O6P2/c1-3-5-7-9-11-13-15-17-19-21-23-29-32(28,31(25,26)27)30-24-22-20-18-16-14-12-10-8-6-4-2/h25-27,31H,3-24H2,1-2H3. The van der Waals surface area contributed by atoms with Gasteiger partial charge in [0.05, 0.1) is 0 Å². The molecule has 0 aliphatic carbocycles. The monoisotopic (exact) mass is 500 g/mol. The molecule has 0 saturated heterocycles. The van der Waals surface area contributed by atoms with Crippen LogP contribution in [0.1, 0.15) is 142 Å². The number of rotatable bonds is 25. The van der Waals surface area contributed by atoms with E-state index in [2.05, 4.69) is 13.8 Å². The van der Waals surface area contributed by atoms with Gasteiger partial charge in [0.2, 0.25) is 0 Å². The molecule has 0 atom stereocenters. The second-order valence-electron chi connectivity index (χ2n) is 9.13. The number of hydrogen-bond donors (Lipinski definition) is 3. The van der Waals surface area contributed by atoms with E-state index in [1.54, 1.807) is 0 Å². The van der Waals surface area contributed by atoms with E-state index < -0.39 is 14.9 Å². The van der Waals surface area contributed by atoms with Gasteiger partial charge >= 0.3 is 172 Å². The van der Waals surface area contributed by atoms with Gasteiger partial charge in [0.25, 0.3) is 0 Å². The van der Waals surface area contributed by atoms with Crippen LogP contribution in [0.25, 0.3) is 0 Å². The normalized spacial score (nSPS) is 13.0. The summed E-state index contributed by atoms with van der Waals surface area (Å²) in [6.07, 6.45) is 23.3. The van der Waals surface area contributed by atoms with Crippen molar-refractivity contribution in [1.82, 2.24) is 0 Å². The molecule has 0 radical (unpaired) electrons. The van der Waals surface area contributed by atoms with E-state index in [4.69, 9.17) is 9.05 Å². The van der Waals surface area contributed by atoms with Crippen molar-refractivity contribution in [2.24, 2.45) is 0 Å². The van der Waals surface area contributed by atoms with Crippen LogP contribution in [0.4, 0.5) is 0 Å². The molecule has 0 aromatic heterocycles. The SMILES string of the molecule is CCCCCCCCCCCCOP(=O)(OCCCCCCCCCCCC)[PH](O)(O)O. The molecule has 196 valence electrons. The molecule has 3 N–H and O–H groups in total. The average Bonchev–Trinajstić information content (AvgIpc) is 2.75. The Morgan fingerprint density at radius 2 is 0.750 bits per heavy atom. The molecule has 0 aromatic rings. The molecule has 0 aromatic carbocycles. The summed E-state index contributed by atoms with van der Waals surface area (Å²) in [5, 5.41) is 0. The van der Waals surface area contributed by atoms with Crippen LogP contribution in [0.5, 0.6) is 0 Å². The molecule has 0 unspecified atom stereocenters. The van der Waals surface area contributed by atoms with Gasteiger partial charge < -0.3 is 0 Å². The van der Waals surface area contributed by atoms with E-state index >= 15 is 0 Å². The minimum absolute atomic E-state index is 0.113. The molecular formula is C24H54O6P2. The number of hydrogen-bond acceptors (Lipinski definition) is 6. The Kier molecular flexibility index (Phi) is 22.3. The van der Waals surface area contributed by atoms with E-state index in [1.165, 1.54) is 89.9 Å².